The second kappa shape index (κ2) is 8.77. The van der Waals surface area contributed by atoms with Crippen molar-refractivity contribution >= 4 is 0 Å². The fourth-order valence-electron chi connectivity index (χ4n) is 1.97. The molecule has 0 heterocycles. The molecule has 0 saturated carbocycles. The Labute approximate surface area is 116 Å². The maximum Gasteiger partial charge on any atom is 0.122 e. The molecule has 1 N–H and O–H groups in total. The molecule has 1 unspecified atom stereocenters. The number of benzene rings is 1. The molecule has 1 aromatic carbocycles. The van der Waals surface area contributed by atoms with Gasteiger partial charge in [0.2, 0.25) is 0 Å². The monoisotopic (exact) mass is 267 g/mol. The van der Waals surface area contributed by atoms with Gasteiger partial charge in [-0.15, -0.1) is 0 Å². The molecular formula is C15H25NO3. The van der Waals surface area contributed by atoms with Crippen LogP contribution in [0.2, 0.25) is 0 Å². The van der Waals surface area contributed by atoms with Gasteiger partial charge in [0.15, 0.2) is 0 Å². The Hall–Kier alpha value is -1.26. The highest BCUT2D eigenvalue weighted by Crippen LogP contribution is 2.28. The summed E-state index contributed by atoms with van der Waals surface area (Å²) in [6.45, 7) is 3.86. The van der Waals surface area contributed by atoms with Gasteiger partial charge in [0.25, 0.3) is 0 Å². The Morgan fingerprint density at radius 3 is 2.16 bits per heavy atom. The number of hydrogen-bond donors (Lipinski definition) is 1. The molecule has 1 aromatic rings. The van der Waals surface area contributed by atoms with E-state index in [2.05, 4.69) is 12.2 Å². The highest BCUT2D eigenvalue weighted by atomic mass is 16.5. The van der Waals surface area contributed by atoms with Gasteiger partial charge in [0, 0.05) is 25.8 Å². The molecule has 1 rings (SSSR count). The van der Waals surface area contributed by atoms with E-state index in [-0.39, 0.29) is 6.04 Å². The summed E-state index contributed by atoms with van der Waals surface area (Å²) in [7, 11) is 5.06. The van der Waals surface area contributed by atoms with Crippen molar-refractivity contribution < 1.29 is 14.2 Å². The minimum absolute atomic E-state index is 0.254. The average Bonchev–Trinajstić information content (AvgIpc) is 2.46. The van der Waals surface area contributed by atoms with Gasteiger partial charge >= 0.3 is 0 Å². The van der Waals surface area contributed by atoms with Crippen LogP contribution in [0.4, 0.5) is 0 Å². The quantitative estimate of drug-likeness (QED) is 0.747. The lowest BCUT2D eigenvalue weighted by Gasteiger charge is -2.20. The first-order chi connectivity index (χ1) is 9.24. The fraction of sp³-hybridized carbons (Fsp3) is 0.600. The molecule has 0 spiro atoms. The number of ether oxygens (including phenoxy) is 3. The second-order valence-electron chi connectivity index (χ2n) is 4.43. The fourth-order valence-corrected chi connectivity index (χ4v) is 1.97. The third-order valence-corrected chi connectivity index (χ3v) is 3.03. The third kappa shape index (κ3) is 5.09. The van der Waals surface area contributed by atoms with Gasteiger partial charge in [-0.05, 0) is 37.1 Å². The summed E-state index contributed by atoms with van der Waals surface area (Å²) in [5, 5.41) is 3.53. The predicted molar refractivity (Wildman–Crippen MR) is 77.1 cm³/mol. The number of rotatable bonds is 9. The van der Waals surface area contributed by atoms with E-state index in [4.69, 9.17) is 14.2 Å². The van der Waals surface area contributed by atoms with Gasteiger partial charge in [-0.3, -0.25) is 0 Å². The molecule has 108 valence electrons. The lowest BCUT2D eigenvalue weighted by atomic mass is 10.0. The molecule has 0 aliphatic rings. The van der Waals surface area contributed by atoms with Crippen LogP contribution in [-0.2, 0) is 4.74 Å². The second-order valence-corrected chi connectivity index (χ2v) is 4.43. The van der Waals surface area contributed by atoms with E-state index in [1.165, 1.54) is 5.56 Å². The van der Waals surface area contributed by atoms with Crippen molar-refractivity contribution in [3.8, 4) is 11.5 Å². The molecule has 19 heavy (non-hydrogen) atoms. The van der Waals surface area contributed by atoms with Gasteiger partial charge in [0.1, 0.15) is 11.5 Å². The van der Waals surface area contributed by atoms with Crippen molar-refractivity contribution in [2.75, 3.05) is 34.5 Å². The minimum Gasteiger partial charge on any atom is -0.497 e. The van der Waals surface area contributed by atoms with Crippen molar-refractivity contribution in [2.45, 2.75) is 25.8 Å². The molecule has 0 aliphatic heterocycles. The lowest BCUT2D eigenvalue weighted by molar-refractivity contribution is 0.183. The lowest BCUT2D eigenvalue weighted by Crippen LogP contribution is -2.23. The molecule has 0 radical (unpaired) electrons. The van der Waals surface area contributed by atoms with Crippen LogP contribution in [0.3, 0.4) is 0 Å². The SMILES string of the molecule is CCCNC(CCOC)c1cc(OC)cc(OC)c1. The molecule has 0 saturated heterocycles. The van der Waals surface area contributed by atoms with Crippen LogP contribution in [0.5, 0.6) is 11.5 Å². The van der Waals surface area contributed by atoms with Crippen LogP contribution >= 0.6 is 0 Å². The minimum atomic E-state index is 0.254. The first kappa shape index (κ1) is 15.8. The smallest absolute Gasteiger partial charge is 0.122 e. The summed E-state index contributed by atoms with van der Waals surface area (Å²) >= 11 is 0. The summed E-state index contributed by atoms with van der Waals surface area (Å²) in [6, 6.07) is 6.23. The van der Waals surface area contributed by atoms with Crippen LogP contribution in [0.1, 0.15) is 31.4 Å². The summed E-state index contributed by atoms with van der Waals surface area (Å²) in [5.74, 6) is 1.63. The number of methoxy groups -OCH3 is 3. The van der Waals surface area contributed by atoms with Crippen LogP contribution < -0.4 is 14.8 Å². The van der Waals surface area contributed by atoms with Crippen molar-refractivity contribution in [3.63, 3.8) is 0 Å². The molecule has 0 fully saturated rings. The van der Waals surface area contributed by atoms with Crippen LogP contribution in [0.25, 0.3) is 0 Å². The summed E-state index contributed by atoms with van der Waals surface area (Å²) in [6.07, 6.45) is 2.03. The number of nitrogens with one attached hydrogen (secondary N) is 1. The van der Waals surface area contributed by atoms with E-state index in [0.717, 1.165) is 37.5 Å². The largest absolute Gasteiger partial charge is 0.497 e. The molecule has 0 aliphatic carbocycles. The highest BCUT2D eigenvalue weighted by Gasteiger charge is 2.13. The molecule has 0 aromatic heterocycles. The molecule has 0 amide bonds. The summed E-state index contributed by atoms with van der Waals surface area (Å²) < 4.78 is 15.8. The maximum atomic E-state index is 5.32. The van der Waals surface area contributed by atoms with Crippen molar-refractivity contribution in [1.29, 1.82) is 0 Å². The Kier molecular flexibility index (Phi) is 7.30. The normalized spacial score (nSPS) is 12.2. The zero-order chi connectivity index (χ0) is 14.1. The van der Waals surface area contributed by atoms with E-state index in [1.54, 1.807) is 21.3 Å². The van der Waals surface area contributed by atoms with E-state index in [1.807, 2.05) is 18.2 Å². The van der Waals surface area contributed by atoms with Crippen molar-refractivity contribution in [3.05, 3.63) is 23.8 Å². The first-order valence-corrected chi connectivity index (χ1v) is 6.70. The van der Waals surface area contributed by atoms with E-state index in [9.17, 15) is 0 Å². The third-order valence-electron chi connectivity index (χ3n) is 3.03. The molecule has 1 atom stereocenters. The van der Waals surface area contributed by atoms with Gasteiger partial charge in [-0.25, -0.2) is 0 Å². The maximum absolute atomic E-state index is 5.32. The zero-order valence-corrected chi connectivity index (χ0v) is 12.4. The van der Waals surface area contributed by atoms with E-state index in [0.29, 0.717) is 0 Å². The van der Waals surface area contributed by atoms with Crippen LogP contribution in [0.15, 0.2) is 18.2 Å². The Morgan fingerprint density at radius 2 is 1.68 bits per heavy atom. The van der Waals surface area contributed by atoms with Gasteiger partial charge in [-0.2, -0.15) is 0 Å². The zero-order valence-electron chi connectivity index (χ0n) is 12.4. The molecule has 4 nitrogen and oxygen atoms in total. The van der Waals surface area contributed by atoms with Crippen LogP contribution in [-0.4, -0.2) is 34.5 Å². The van der Waals surface area contributed by atoms with E-state index >= 15 is 0 Å². The highest BCUT2D eigenvalue weighted by molar-refractivity contribution is 5.39. The van der Waals surface area contributed by atoms with Crippen LogP contribution in [0, 0.1) is 0 Å². The Morgan fingerprint density at radius 1 is 1.05 bits per heavy atom. The van der Waals surface area contributed by atoms with E-state index < -0.39 is 0 Å². The predicted octanol–water partition coefficient (Wildman–Crippen LogP) is 2.78. The first-order valence-electron chi connectivity index (χ1n) is 6.70. The number of hydrogen-bond acceptors (Lipinski definition) is 4. The molecule has 0 bridgehead atoms. The average molecular weight is 267 g/mol. The van der Waals surface area contributed by atoms with Crippen molar-refractivity contribution in [1.82, 2.24) is 5.32 Å². The van der Waals surface area contributed by atoms with Gasteiger partial charge < -0.3 is 19.5 Å². The standard InChI is InChI=1S/C15H25NO3/c1-5-7-16-15(6-8-17-2)12-9-13(18-3)11-14(10-12)19-4/h9-11,15-16H,5-8H2,1-4H3. The Balaban J connectivity index is 2.91. The molecule has 4 heteroatoms. The summed E-state index contributed by atoms with van der Waals surface area (Å²) in [5.41, 5.74) is 1.17. The summed E-state index contributed by atoms with van der Waals surface area (Å²) in [4.78, 5) is 0. The van der Waals surface area contributed by atoms with Gasteiger partial charge in [-0.1, -0.05) is 6.92 Å². The topological polar surface area (TPSA) is 39.7 Å². The Bertz CT molecular complexity index is 338. The van der Waals surface area contributed by atoms with Crippen molar-refractivity contribution in [2.24, 2.45) is 0 Å². The van der Waals surface area contributed by atoms with Gasteiger partial charge in [0.05, 0.1) is 14.2 Å². The molecular weight excluding hydrogens is 242 g/mol.